The largest absolute Gasteiger partial charge is 0.493 e. The van der Waals surface area contributed by atoms with E-state index in [9.17, 15) is 9.59 Å². The van der Waals surface area contributed by atoms with E-state index in [1.807, 2.05) is 71.8 Å². The van der Waals surface area contributed by atoms with E-state index in [1.54, 1.807) is 0 Å². The Labute approximate surface area is 199 Å². The number of esters is 1. The van der Waals surface area contributed by atoms with Crippen LogP contribution in [-0.4, -0.2) is 47.6 Å². The summed E-state index contributed by atoms with van der Waals surface area (Å²) in [6.07, 6.45) is 1.22. The number of fused-ring (bicyclic) bond motifs is 1. The van der Waals surface area contributed by atoms with Crippen LogP contribution in [0.2, 0.25) is 5.02 Å². The Kier molecular flexibility index (Phi) is 7.23. The van der Waals surface area contributed by atoms with Crippen molar-refractivity contribution < 1.29 is 19.1 Å². The first-order valence-corrected chi connectivity index (χ1v) is 11.9. The average molecular weight is 469 g/mol. The third kappa shape index (κ3) is 4.86. The quantitative estimate of drug-likeness (QED) is 0.449. The van der Waals surface area contributed by atoms with Crippen LogP contribution in [-0.2, 0) is 16.1 Å². The van der Waals surface area contributed by atoms with E-state index in [0.717, 1.165) is 22.2 Å². The number of aromatic nitrogens is 1. The lowest BCUT2D eigenvalue weighted by atomic mass is 9.97. The molecule has 0 unspecified atom stereocenters. The first-order chi connectivity index (χ1) is 16.0. The molecule has 6 nitrogen and oxygen atoms in total. The highest BCUT2D eigenvalue weighted by Crippen LogP contribution is 2.32. The molecule has 1 fully saturated rings. The highest BCUT2D eigenvalue weighted by atomic mass is 35.5. The first-order valence-electron chi connectivity index (χ1n) is 11.5. The van der Waals surface area contributed by atoms with Gasteiger partial charge >= 0.3 is 5.97 Å². The molecule has 33 heavy (non-hydrogen) atoms. The number of likely N-dealkylation sites (tertiary alicyclic amines) is 1. The molecule has 3 aromatic rings. The summed E-state index contributed by atoms with van der Waals surface area (Å²) in [7, 11) is 0. The molecule has 2 heterocycles. The molecule has 0 spiro atoms. The molecule has 0 atom stereocenters. The number of benzene rings is 2. The molecular formula is C26H29ClN2O4. The first kappa shape index (κ1) is 23.2. The molecule has 1 aliphatic heterocycles. The van der Waals surface area contributed by atoms with Crippen molar-refractivity contribution in [2.45, 2.75) is 33.2 Å². The fourth-order valence-corrected chi connectivity index (χ4v) is 4.62. The lowest BCUT2D eigenvalue weighted by Crippen LogP contribution is -2.41. The van der Waals surface area contributed by atoms with Gasteiger partial charge in [0.1, 0.15) is 11.4 Å². The fraction of sp³-hybridized carbons (Fsp3) is 0.385. The van der Waals surface area contributed by atoms with E-state index in [1.165, 1.54) is 0 Å². The van der Waals surface area contributed by atoms with Crippen molar-refractivity contribution in [3.63, 3.8) is 0 Å². The SMILES string of the molecule is CCOC(=O)C1CCN(C(=O)c2cc3c(OCC)cccc3n2Cc2ccccc2Cl)CC1. The third-order valence-corrected chi connectivity index (χ3v) is 6.48. The van der Waals surface area contributed by atoms with Gasteiger partial charge < -0.3 is 18.9 Å². The summed E-state index contributed by atoms with van der Waals surface area (Å²) in [4.78, 5) is 27.6. The summed E-state index contributed by atoms with van der Waals surface area (Å²) in [5.41, 5.74) is 2.45. The number of hydrogen-bond acceptors (Lipinski definition) is 4. The van der Waals surface area contributed by atoms with Gasteiger partial charge in [0.25, 0.3) is 5.91 Å². The minimum atomic E-state index is -0.168. The number of carbonyl (C=O) groups excluding carboxylic acids is 2. The molecule has 7 heteroatoms. The van der Waals surface area contributed by atoms with Crippen LogP contribution in [0.5, 0.6) is 5.75 Å². The van der Waals surface area contributed by atoms with Crippen LogP contribution in [0.4, 0.5) is 0 Å². The lowest BCUT2D eigenvalue weighted by Gasteiger charge is -2.31. The Balaban J connectivity index is 1.67. The predicted octanol–water partition coefficient (Wildman–Crippen LogP) is 5.16. The fourth-order valence-electron chi connectivity index (χ4n) is 4.42. The molecule has 1 aliphatic rings. The van der Waals surface area contributed by atoms with Gasteiger partial charge in [-0.1, -0.05) is 35.9 Å². The maximum Gasteiger partial charge on any atom is 0.309 e. The van der Waals surface area contributed by atoms with Gasteiger partial charge in [-0.15, -0.1) is 0 Å². The highest BCUT2D eigenvalue weighted by Gasteiger charge is 2.30. The summed E-state index contributed by atoms with van der Waals surface area (Å²) in [6.45, 7) is 6.19. The zero-order chi connectivity index (χ0) is 23.4. The zero-order valence-electron chi connectivity index (χ0n) is 19.1. The van der Waals surface area contributed by atoms with Gasteiger partial charge in [0, 0.05) is 30.0 Å². The second-order valence-corrected chi connectivity index (χ2v) is 8.55. The Morgan fingerprint density at radius 1 is 1.03 bits per heavy atom. The highest BCUT2D eigenvalue weighted by molar-refractivity contribution is 6.31. The van der Waals surface area contributed by atoms with Gasteiger partial charge in [-0.25, -0.2) is 0 Å². The van der Waals surface area contributed by atoms with Crippen molar-refractivity contribution in [1.29, 1.82) is 0 Å². The van der Waals surface area contributed by atoms with Crippen molar-refractivity contribution in [2.24, 2.45) is 5.92 Å². The minimum absolute atomic E-state index is 0.0528. The number of carbonyl (C=O) groups is 2. The van der Waals surface area contributed by atoms with Gasteiger partial charge in [-0.2, -0.15) is 0 Å². The van der Waals surface area contributed by atoms with E-state index in [-0.39, 0.29) is 17.8 Å². The molecule has 174 valence electrons. The maximum atomic E-state index is 13.7. The van der Waals surface area contributed by atoms with E-state index in [0.29, 0.717) is 56.4 Å². The van der Waals surface area contributed by atoms with E-state index in [2.05, 4.69) is 0 Å². The average Bonchev–Trinajstić information content (AvgIpc) is 3.20. The van der Waals surface area contributed by atoms with Crippen LogP contribution in [0, 0.1) is 5.92 Å². The molecule has 4 rings (SSSR count). The predicted molar refractivity (Wildman–Crippen MR) is 129 cm³/mol. The molecule has 1 amide bonds. The monoisotopic (exact) mass is 468 g/mol. The van der Waals surface area contributed by atoms with Crippen LogP contribution in [0.1, 0.15) is 42.7 Å². The van der Waals surface area contributed by atoms with E-state index >= 15 is 0 Å². The number of halogens is 1. The van der Waals surface area contributed by atoms with Gasteiger partial charge in [-0.05, 0) is 56.5 Å². The Bertz CT molecular complexity index is 1150. The molecule has 0 saturated carbocycles. The molecule has 1 aromatic heterocycles. The Morgan fingerprint density at radius 3 is 2.48 bits per heavy atom. The number of hydrogen-bond donors (Lipinski definition) is 0. The normalized spacial score (nSPS) is 14.5. The van der Waals surface area contributed by atoms with Gasteiger partial charge in [-0.3, -0.25) is 9.59 Å². The van der Waals surface area contributed by atoms with Crippen LogP contribution < -0.4 is 4.74 Å². The van der Waals surface area contributed by atoms with Crippen LogP contribution in [0.3, 0.4) is 0 Å². The number of nitrogens with zero attached hydrogens (tertiary/aromatic N) is 2. The van der Waals surface area contributed by atoms with Crippen LogP contribution in [0.15, 0.2) is 48.5 Å². The third-order valence-electron chi connectivity index (χ3n) is 6.11. The summed E-state index contributed by atoms with van der Waals surface area (Å²) >= 11 is 6.45. The zero-order valence-corrected chi connectivity index (χ0v) is 19.8. The molecule has 0 radical (unpaired) electrons. The second kappa shape index (κ2) is 10.3. The van der Waals surface area contributed by atoms with Gasteiger partial charge in [0.2, 0.25) is 0 Å². The summed E-state index contributed by atoms with van der Waals surface area (Å²) in [5, 5.41) is 1.56. The molecular weight excluding hydrogens is 440 g/mol. The van der Waals surface area contributed by atoms with Crippen LogP contribution >= 0.6 is 11.6 Å². The van der Waals surface area contributed by atoms with Crippen molar-refractivity contribution >= 4 is 34.4 Å². The van der Waals surface area contributed by atoms with Gasteiger partial charge in [0.15, 0.2) is 0 Å². The molecule has 0 N–H and O–H groups in total. The molecule has 0 aliphatic carbocycles. The van der Waals surface area contributed by atoms with Crippen molar-refractivity contribution in [2.75, 3.05) is 26.3 Å². The second-order valence-electron chi connectivity index (χ2n) is 8.15. The number of piperidine rings is 1. The standard InChI is InChI=1S/C26H29ClN2O4/c1-3-32-24-11-7-10-22-20(24)16-23(29(22)17-19-8-5-6-9-21(19)27)25(30)28-14-12-18(13-15-28)26(31)33-4-2/h5-11,16,18H,3-4,12-15,17H2,1-2H3. The smallest absolute Gasteiger partial charge is 0.309 e. The summed E-state index contributed by atoms with van der Waals surface area (Å²) in [6, 6.07) is 15.4. The topological polar surface area (TPSA) is 60.8 Å². The Hall–Kier alpha value is -2.99. The van der Waals surface area contributed by atoms with Crippen molar-refractivity contribution in [1.82, 2.24) is 9.47 Å². The van der Waals surface area contributed by atoms with Gasteiger partial charge in [0.05, 0.1) is 24.6 Å². The number of amides is 1. The minimum Gasteiger partial charge on any atom is -0.493 e. The molecule has 1 saturated heterocycles. The number of ether oxygens (including phenoxy) is 2. The molecule has 2 aromatic carbocycles. The van der Waals surface area contributed by atoms with E-state index < -0.39 is 0 Å². The summed E-state index contributed by atoms with van der Waals surface area (Å²) < 4.78 is 13.0. The van der Waals surface area contributed by atoms with Crippen molar-refractivity contribution in [3.8, 4) is 5.75 Å². The van der Waals surface area contributed by atoms with Crippen LogP contribution in [0.25, 0.3) is 10.9 Å². The van der Waals surface area contributed by atoms with Crippen molar-refractivity contribution in [3.05, 3.63) is 64.8 Å². The lowest BCUT2D eigenvalue weighted by molar-refractivity contribution is -0.149. The number of rotatable bonds is 7. The molecule has 0 bridgehead atoms. The summed E-state index contributed by atoms with van der Waals surface area (Å²) in [5.74, 6) is 0.386. The Morgan fingerprint density at radius 2 is 1.79 bits per heavy atom. The van der Waals surface area contributed by atoms with E-state index in [4.69, 9.17) is 21.1 Å². The maximum absolute atomic E-state index is 13.7.